The Morgan fingerprint density at radius 1 is 1.33 bits per heavy atom. The summed E-state index contributed by atoms with van der Waals surface area (Å²) in [6, 6.07) is 0. The summed E-state index contributed by atoms with van der Waals surface area (Å²) in [5.74, 6) is -0.350. The van der Waals surface area contributed by atoms with Crippen molar-refractivity contribution in [3.05, 3.63) is 72.9 Å². The Hall–Kier alpha value is -2.16. The van der Waals surface area contributed by atoms with Crippen molar-refractivity contribution in [3.63, 3.8) is 0 Å². The van der Waals surface area contributed by atoms with E-state index in [0.717, 1.165) is 5.57 Å². The van der Waals surface area contributed by atoms with Crippen molar-refractivity contribution in [2.75, 3.05) is 7.05 Å². The highest BCUT2D eigenvalue weighted by molar-refractivity contribution is 5.71. The number of nitrogens with zero attached hydrogens (tertiary/aromatic N) is 1. The molecule has 0 spiro atoms. The second kappa shape index (κ2) is 10.0. The largest absolute Gasteiger partial charge is 0.365 e. The van der Waals surface area contributed by atoms with Crippen LogP contribution in [0.15, 0.2) is 77.9 Å². The van der Waals surface area contributed by atoms with Crippen LogP contribution >= 0.6 is 0 Å². The van der Waals surface area contributed by atoms with Gasteiger partial charge in [-0.05, 0) is 30.7 Å². The van der Waals surface area contributed by atoms with Gasteiger partial charge in [-0.3, -0.25) is 4.99 Å². The van der Waals surface area contributed by atoms with Crippen molar-refractivity contribution < 1.29 is 4.39 Å². The Bertz CT molecular complexity index is 424. The predicted molar refractivity (Wildman–Crippen MR) is 78.1 cm³/mol. The standard InChI is InChI=1S/C15H19FN2/c1-5-8-15(16)11-13(3)18-12-14(6-2)9-7-10-17-4/h5-12,18H,1-2H2,3-4H3/b9-7-,13-11+,14-12+,15-8+,17-10?. The summed E-state index contributed by atoms with van der Waals surface area (Å²) in [4.78, 5) is 3.83. The molecule has 18 heavy (non-hydrogen) atoms. The van der Waals surface area contributed by atoms with Crippen LogP contribution in [0.5, 0.6) is 0 Å². The molecule has 96 valence electrons. The molecule has 0 unspecified atom stereocenters. The molecule has 0 saturated heterocycles. The summed E-state index contributed by atoms with van der Waals surface area (Å²) in [5.41, 5.74) is 1.55. The van der Waals surface area contributed by atoms with E-state index in [-0.39, 0.29) is 5.83 Å². The van der Waals surface area contributed by atoms with Gasteiger partial charge in [-0.25, -0.2) is 4.39 Å². The van der Waals surface area contributed by atoms with Crippen molar-refractivity contribution in [1.82, 2.24) is 5.32 Å². The molecule has 0 aromatic carbocycles. The van der Waals surface area contributed by atoms with Crippen molar-refractivity contribution in [2.45, 2.75) is 6.92 Å². The van der Waals surface area contributed by atoms with E-state index in [4.69, 9.17) is 0 Å². The normalized spacial score (nSPS) is 14.3. The third-order valence-electron chi connectivity index (χ3n) is 1.86. The van der Waals surface area contributed by atoms with Gasteiger partial charge in [0.25, 0.3) is 0 Å². The molecule has 0 saturated carbocycles. The summed E-state index contributed by atoms with van der Waals surface area (Å²) in [7, 11) is 1.70. The maximum absolute atomic E-state index is 13.1. The fraction of sp³-hybridized carbons (Fsp3) is 0.133. The molecular formula is C15H19FN2. The number of hydrogen-bond acceptors (Lipinski definition) is 2. The van der Waals surface area contributed by atoms with Crippen LogP contribution < -0.4 is 5.32 Å². The van der Waals surface area contributed by atoms with Gasteiger partial charge in [-0.15, -0.1) is 0 Å². The zero-order valence-corrected chi connectivity index (χ0v) is 10.9. The Morgan fingerprint density at radius 2 is 2.06 bits per heavy atom. The average Bonchev–Trinajstić information content (AvgIpc) is 2.33. The minimum Gasteiger partial charge on any atom is -0.365 e. The Labute approximate surface area is 108 Å². The first-order chi connectivity index (χ1) is 8.63. The quantitative estimate of drug-likeness (QED) is 0.535. The van der Waals surface area contributed by atoms with E-state index < -0.39 is 0 Å². The number of hydrogen-bond donors (Lipinski definition) is 1. The lowest BCUT2D eigenvalue weighted by Gasteiger charge is -2.01. The topological polar surface area (TPSA) is 24.4 Å². The molecule has 0 rings (SSSR count). The van der Waals surface area contributed by atoms with Crippen LogP contribution in [0.3, 0.4) is 0 Å². The van der Waals surface area contributed by atoms with Crippen molar-refractivity contribution >= 4 is 6.21 Å². The minimum absolute atomic E-state index is 0.350. The van der Waals surface area contributed by atoms with Crippen molar-refractivity contribution in [3.8, 4) is 0 Å². The fourth-order valence-electron chi connectivity index (χ4n) is 1.02. The maximum atomic E-state index is 13.1. The average molecular weight is 246 g/mol. The fourth-order valence-corrected chi connectivity index (χ4v) is 1.02. The second-order valence-electron chi connectivity index (χ2n) is 3.37. The van der Waals surface area contributed by atoms with E-state index in [1.807, 2.05) is 6.08 Å². The molecule has 1 N–H and O–H groups in total. The number of nitrogens with one attached hydrogen (secondary N) is 1. The minimum atomic E-state index is -0.350. The molecule has 0 amide bonds. The monoisotopic (exact) mass is 246 g/mol. The molecule has 0 aliphatic carbocycles. The molecule has 0 aliphatic rings. The number of aliphatic imine (C=N–C) groups is 1. The molecule has 0 bridgehead atoms. The molecule has 3 heteroatoms. The van der Waals surface area contributed by atoms with Gasteiger partial charge in [-0.1, -0.05) is 31.4 Å². The third-order valence-corrected chi connectivity index (χ3v) is 1.86. The van der Waals surface area contributed by atoms with Crippen LogP contribution in [0.4, 0.5) is 4.39 Å². The predicted octanol–water partition coefficient (Wildman–Crippen LogP) is 3.85. The summed E-state index contributed by atoms with van der Waals surface area (Å²) in [6.45, 7) is 8.88. The number of halogens is 1. The number of rotatable bonds is 7. The molecule has 2 nitrogen and oxygen atoms in total. The molecule has 0 heterocycles. The molecule has 0 atom stereocenters. The first-order valence-corrected chi connectivity index (χ1v) is 5.48. The highest BCUT2D eigenvalue weighted by Crippen LogP contribution is 2.03. The summed E-state index contributed by atoms with van der Waals surface area (Å²) in [6.07, 6.45) is 12.8. The van der Waals surface area contributed by atoms with Crippen LogP contribution in [0.2, 0.25) is 0 Å². The maximum Gasteiger partial charge on any atom is 0.124 e. The lowest BCUT2D eigenvalue weighted by molar-refractivity contribution is 0.664. The smallest absolute Gasteiger partial charge is 0.124 e. The van der Waals surface area contributed by atoms with Crippen LogP contribution in [-0.2, 0) is 0 Å². The van der Waals surface area contributed by atoms with Gasteiger partial charge in [0, 0.05) is 25.2 Å². The second-order valence-corrected chi connectivity index (χ2v) is 3.37. The lowest BCUT2D eigenvalue weighted by Crippen LogP contribution is -2.02. The molecule has 0 aromatic heterocycles. The van der Waals surface area contributed by atoms with Gasteiger partial charge in [0.05, 0.1) is 0 Å². The van der Waals surface area contributed by atoms with Gasteiger partial charge in [-0.2, -0.15) is 0 Å². The summed E-state index contributed by atoms with van der Waals surface area (Å²) >= 11 is 0. The van der Waals surface area contributed by atoms with Gasteiger partial charge in [0.15, 0.2) is 0 Å². The van der Waals surface area contributed by atoms with Crippen molar-refractivity contribution in [2.24, 2.45) is 4.99 Å². The van der Waals surface area contributed by atoms with Crippen LogP contribution in [0, 0.1) is 0 Å². The summed E-state index contributed by atoms with van der Waals surface area (Å²) < 4.78 is 13.1. The highest BCUT2D eigenvalue weighted by Gasteiger charge is 1.90. The molecule has 0 radical (unpaired) electrons. The molecule has 0 aromatic rings. The molecule has 0 fully saturated rings. The van der Waals surface area contributed by atoms with Crippen LogP contribution in [0.25, 0.3) is 0 Å². The van der Waals surface area contributed by atoms with Crippen molar-refractivity contribution in [1.29, 1.82) is 0 Å². The van der Waals surface area contributed by atoms with Gasteiger partial charge in [0.1, 0.15) is 5.83 Å². The SMILES string of the molecule is C=C/C=C(F)\C=C(/C)N/C=C(C=C)/C=C\C=NC. The zero-order valence-electron chi connectivity index (χ0n) is 10.9. The van der Waals surface area contributed by atoms with E-state index in [2.05, 4.69) is 23.5 Å². The summed E-state index contributed by atoms with van der Waals surface area (Å²) in [5, 5.41) is 2.97. The Balaban J connectivity index is 4.63. The van der Waals surface area contributed by atoms with E-state index in [1.165, 1.54) is 18.2 Å². The van der Waals surface area contributed by atoms with Crippen LogP contribution in [-0.4, -0.2) is 13.3 Å². The van der Waals surface area contributed by atoms with E-state index >= 15 is 0 Å². The van der Waals surface area contributed by atoms with Gasteiger partial charge in [0.2, 0.25) is 0 Å². The Kier molecular flexibility index (Phi) is 8.82. The van der Waals surface area contributed by atoms with Gasteiger partial charge >= 0.3 is 0 Å². The lowest BCUT2D eigenvalue weighted by atomic mass is 10.2. The zero-order chi connectivity index (χ0) is 13.8. The first kappa shape index (κ1) is 15.8. The van der Waals surface area contributed by atoms with Gasteiger partial charge < -0.3 is 5.32 Å². The van der Waals surface area contributed by atoms with E-state index in [9.17, 15) is 4.39 Å². The first-order valence-electron chi connectivity index (χ1n) is 5.48. The highest BCUT2D eigenvalue weighted by atomic mass is 19.1. The third kappa shape index (κ3) is 8.05. The van der Waals surface area contributed by atoms with E-state index in [1.54, 1.807) is 38.5 Å². The van der Waals surface area contributed by atoms with Crippen LogP contribution in [0.1, 0.15) is 6.92 Å². The Morgan fingerprint density at radius 3 is 2.61 bits per heavy atom. The number of allylic oxidation sites excluding steroid dienone is 9. The van der Waals surface area contributed by atoms with E-state index in [0.29, 0.717) is 5.70 Å². The molecular weight excluding hydrogens is 227 g/mol. The molecule has 0 aliphatic heterocycles.